The highest BCUT2D eigenvalue weighted by atomic mass is 16.7. The smallest absolute Gasteiger partial charge is 0.231 e. The SMILES string of the molecule is CCCc1c(NC(C)=O)ccc2c1OCO2. The van der Waals surface area contributed by atoms with Crippen LogP contribution in [0.25, 0.3) is 0 Å². The van der Waals surface area contributed by atoms with Crippen LogP contribution in [0.5, 0.6) is 11.5 Å². The van der Waals surface area contributed by atoms with Crippen molar-refractivity contribution in [3.8, 4) is 11.5 Å². The van der Waals surface area contributed by atoms with E-state index in [0.29, 0.717) is 0 Å². The monoisotopic (exact) mass is 221 g/mol. The van der Waals surface area contributed by atoms with Crippen LogP contribution in [-0.4, -0.2) is 12.7 Å². The van der Waals surface area contributed by atoms with Crippen LogP contribution in [0, 0.1) is 0 Å². The maximum Gasteiger partial charge on any atom is 0.231 e. The summed E-state index contributed by atoms with van der Waals surface area (Å²) in [7, 11) is 0. The summed E-state index contributed by atoms with van der Waals surface area (Å²) in [5.41, 5.74) is 1.84. The van der Waals surface area contributed by atoms with E-state index in [0.717, 1.165) is 35.6 Å². The third-order valence-electron chi connectivity index (χ3n) is 2.45. The Morgan fingerprint density at radius 1 is 1.44 bits per heavy atom. The number of benzene rings is 1. The number of nitrogens with one attached hydrogen (secondary N) is 1. The van der Waals surface area contributed by atoms with Crippen molar-refractivity contribution in [1.82, 2.24) is 0 Å². The number of fused-ring (bicyclic) bond motifs is 1. The second-order valence-corrected chi connectivity index (χ2v) is 3.76. The Morgan fingerprint density at radius 2 is 2.25 bits per heavy atom. The van der Waals surface area contributed by atoms with Crippen LogP contribution in [0.15, 0.2) is 12.1 Å². The van der Waals surface area contributed by atoms with Crippen molar-refractivity contribution >= 4 is 11.6 Å². The van der Waals surface area contributed by atoms with Gasteiger partial charge in [0.1, 0.15) is 0 Å². The number of carbonyl (C=O) groups excluding carboxylic acids is 1. The Bertz CT molecular complexity index is 415. The molecule has 0 aliphatic carbocycles. The normalized spacial score (nSPS) is 12.6. The van der Waals surface area contributed by atoms with Crippen LogP contribution in [0.2, 0.25) is 0 Å². The third kappa shape index (κ3) is 1.96. The van der Waals surface area contributed by atoms with Gasteiger partial charge in [0.05, 0.1) is 0 Å². The molecule has 4 nitrogen and oxygen atoms in total. The molecular weight excluding hydrogens is 206 g/mol. The fourth-order valence-corrected chi connectivity index (χ4v) is 1.84. The zero-order chi connectivity index (χ0) is 11.5. The molecule has 1 aliphatic rings. The molecule has 2 rings (SSSR count). The van der Waals surface area contributed by atoms with Crippen molar-refractivity contribution in [1.29, 1.82) is 0 Å². The van der Waals surface area contributed by atoms with E-state index < -0.39 is 0 Å². The lowest BCUT2D eigenvalue weighted by Crippen LogP contribution is -2.08. The van der Waals surface area contributed by atoms with E-state index in [4.69, 9.17) is 9.47 Å². The number of ether oxygens (including phenoxy) is 2. The van der Waals surface area contributed by atoms with Crippen molar-refractivity contribution in [2.75, 3.05) is 12.1 Å². The molecule has 1 aromatic carbocycles. The first kappa shape index (κ1) is 10.8. The third-order valence-corrected chi connectivity index (χ3v) is 2.45. The summed E-state index contributed by atoms with van der Waals surface area (Å²) in [6.45, 7) is 3.85. The van der Waals surface area contributed by atoms with Gasteiger partial charge in [-0.2, -0.15) is 0 Å². The number of hydrogen-bond acceptors (Lipinski definition) is 3. The molecule has 1 heterocycles. The van der Waals surface area contributed by atoms with Crippen molar-refractivity contribution in [3.05, 3.63) is 17.7 Å². The lowest BCUT2D eigenvalue weighted by atomic mass is 10.1. The lowest BCUT2D eigenvalue weighted by molar-refractivity contribution is -0.114. The van der Waals surface area contributed by atoms with Gasteiger partial charge in [-0.1, -0.05) is 13.3 Å². The molecule has 0 spiro atoms. The summed E-state index contributed by atoms with van der Waals surface area (Å²) in [5, 5.41) is 2.81. The quantitative estimate of drug-likeness (QED) is 0.852. The Morgan fingerprint density at radius 3 is 2.94 bits per heavy atom. The molecule has 0 unspecified atom stereocenters. The van der Waals surface area contributed by atoms with Crippen LogP contribution in [-0.2, 0) is 11.2 Å². The van der Waals surface area contributed by atoms with Crippen molar-refractivity contribution < 1.29 is 14.3 Å². The minimum Gasteiger partial charge on any atom is -0.454 e. The summed E-state index contributed by atoms with van der Waals surface area (Å²) >= 11 is 0. The molecule has 1 aromatic rings. The number of rotatable bonds is 3. The highest BCUT2D eigenvalue weighted by molar-refractivity contribution is 5.90. The maximum atomic E-state index is 11.1. The molecule has 0 aromatic heterocycles. The van der Waals surface area contributed by atoms with Crippen LogP contribution < -0.4 is 14.8 Å². The van der Waals surface area contributed by atoms with E-state index >= 15 is 0 Å². The van der Waals surface area contributed by atoms with Gasteiger partial charge < -0.3 is 14.8 Å². The van der Waals surface area contributed by atoms with Crippen LogP contribution in [0.4, 0.5) is 5.69 Å². The summed E-state index contributed by atoms with van der Waals surface area (Å²) < 4.78 is 10.7. The second-order valence-electron chi connectivity index (χ2n) is 3.76. The molecule has 4 heteroatoms. The Hall–Kier alpha value is -1.71. The maximum absolute atomic E-state index is 11.1. The van der Waals surface area contributed by atoms with Crippen molar-refractivity contribution in [2.45, 2.75) is 26.7 Å². The molecule has 86 valence electrons. The summed E-state index contributed by atoms with van der Waals surface area (Å²) in [6, 6.07) is 3.69. The standard InChI is InChI=1S/C12H15NO3/c1-3-4-9-10(13-8(2)14)5-6-11-12(9)16-7-15-11/h5-6H,3-4,7H2,1-2H3,(H,13,14). The Labute approximate surface area is 94.6 Å². The van der Waals surface area contributed by atoms with Gasteiger partial charge in [-0.05, 0) is 18.6 Å². The number of carbonyl (C=O) groups is 1. The van der Waals surface area contributed by atoms with Gasteiger partial charge in [-0.25, -0.2) is 0 Å². The number of hydrogen-bond donors (Lipinski definition) is 1. The fraction of sp³-hybridized carbons (Fsp3) is 0.417. The van der Waals surface area contributed by atoms with E-state index in [9.17, 15) is 4.79 Å². The Kier molecular flexibility index (Phi) is 2.99. The molecule has 1 aliphatic heterocycles. The molecule has 0 saturated carbocycles. The first-order valence-electron chi connectivity index (χ1n) is 5.41. The minimum absolute atomic E-state index is 0.0729. The Balaban J connectivity index is 2.40. The molecule has 0 fully saturated rings. The summed E-state index contributed by atoms with van der Waals surface area (Å²) in [5.74, 6) is 1.46. The summed E-state index contributed by atoms with van der Waals surface area (Å²) in [6.07, 6.45) is 1.86. The zero-order valence-corrected chi connectivity index (χ0v) is 9.50. The number of amides is 1. The first-order chi connectivity index (χ1) is 7.72. The number of anilines is 1. The van der Waals surface area contributed by atoms with Gasteiger partial charge in [0, 0.05) is 18.2 Å². The van der Waals surface area contributed by atoms with Crippen molar-refractivity contribution in [2.24, 2.45) is 0 Å². The van der Waals surface area contributed by atoms with Crippen LogP contribution >= 0.6 is 0 Å². The average Bonchev–Trinajstić information content (AvgIpc) is 2.69. The van der Waals surface area contributed by atoms with E-state index in [1.54, 1.807) is 0 Å². The molecule has 1 amide bonds. The van der Waals surface area contributed by atoms with E-state index in [1.807, 2.05) is 12.1 Å². The van der Waals surface area contributed by atoms with Gasteiger partial charge in [-0.3, -0.25) is 4.79 Å². The summed E-state index contributed by atoms with van der Waals surface area (Å²) in [4.78, 5) is 11.1. The second kappa shape index (κ2) is 4.43. The molecule has 0 bridgehead atoms. The zero-order valence-electron chi connectivity index (χ0n) is 9.50. The van der Waals surface area contributed by atoms with Crippen LogP contribution in [0.3, 0.4) is 0 Å². The largest absolute Gasteiger partial charge is 0.454 e. The molecule has 0 atom stereocenters. The lowest BCUT2D eigenvalue weighted by Gasteiger charge is -2.11. The predicted octanol–water partition coefficient (Wildman–Crippen LogP) is 2.33. The van der Waals surface area contributed by atoms with Gasteiger partial charge in [0.2, 0.25) is 12.7 Å². The minimum atomic E-state index is -0.0729. The van der Waals surface area contributed by atoms with Crippen LogP contribution in [0.1, 0.15) is 25.8 Å². The van der Waals surface area contributed by atoms with Crippen molar-refractivity contribution in [3.63, 3.8) is 0 Å². The van der Waals surface area contributed by atoms with E-state index in [1.165, 1.54) is 6.92 Å². The molecular formula is C12H15NO3. The molecule has 0 radical (unpaired) electrons. The molecule has 16 heavy (non-hydrogen) atoms. The molecule has 1 N–H and O–H groups in total. The van der Waals surface area contributed by atoms with Gasteiger partial charge in [0.15, 0.2) is 11.5 Å². The highest BCUT2D eigenvalue weighted by Gasteiger charge is 2.20. The first-order valence-corrected chi connectivity index (χ1v) is 5.41. The van der Waals surface area contributed by atoms with E-state index in [2.05, 4.69) is 12.2 Å². The fourth-order valence-electron chi connectivity index (χ4n) is 1.84. The van der Waals surface area contributed by atoms with Gasteiger partial charge >= 0.3 is 0 Å². The van der Waals surface area contributed by atoms with Gasteiger partial charge in [-0.15, -0.1) is 0 Å². The highest BCUT2D eigenvalue weighted by Crippen LogP contribution is 2.40. The van der Waals surface area contributed by atoms with E-state index in [-0.39, 0.29) is 12.7 Å². The predicted molar refractivity (Wildman–Crippen MR) is 60.9 cm³/mol. The topological polar surface area (TPSA) is 47.6 Å². The van der Waals surface area contributed by atoms with Gasteiger partial charge in [0.25, 0.3) is 0 Å². The average molecular weight is 221 g/mol. The molecule has 0 saturated heterocycles.